The molecule has 5 heavy (non-hydrogen) atoms. The van der Waals surface area contributed by atoms with Crippen molar-refractivity contribution in [3.8, 4) is 0 Å². The van der Waals surface area contributed by atoms with Crippen molar-refractivity contribution in [2.45, 2.75) is 0 Å². The molecule has 0 radical (unpaired) electrons. The summed E-state index contributed by atoms with van der Waals surface area (Å²) in [6.45, 7) is 0. The zero-order valence-electron chi connectivity index (χ0n) is 1.50. The molecule has 5 heteroatoms. The van der Waals surface area contributed by atoms with Crippen LogP contribution in [-0.4, -0.2) is 76.2 Å². The third-order valence-electron chi connectivity index (χ3n) is 0. The Morgan fingerprint density at radius 2 is 0.600 bits per heavy atom. The van der Waals surface area contributed by atoms with Crippen molar-refractivity contribution >= 4 is 59.8 Å². The van der Waals surface area contributed by atoms with Crippen molar-refractivity contribution in [1.82, 2.24) is 0 Å². The Morgan fingerprint density at radius 1 is 0.600 bits per heavy atom. The Bertz CT molecular complexity index is 6.85. The molecule has 0 atom stereocenters. The quantitative estimate of drug-likeness (QED) is 0.280. The Hall–Kier alpha value is 1.58. The van der Waals surface area contributed by atoms with Crippen LogP contribution in [0.5, 0.6) is 0 Å². The standard InChI is InChI=1S/BH3.K.3H2O.H/h1H3;;3*1H2;. The summed E-state index contributed by atoms with van der Waals surface area (Å²) < 4.78 is 0. The fourth-order valence-corrected chi connectivity index (χ4v) is 0. The van der Waals surface area contributed by atoms with Crippen molar-refractivity contribution in [3.63, 3.8) is 0 Å². The minimum atomic E-state index is 0. The molecule has 6 N–H and O–H groups in total. The molecule has 0 unspecified atom stereocenters. The summed E-state index contributed by atoms with van der Waals surface area (Å²) in [5, 5.41) is 0. The first-order valence-electron chi connectivity index (χ1n) is 0. The van der Waals surface area contributed by atoms with E-state index in [1.165, 1.54) is 0 Å². The summed E-state index contributed by atoms with van der Waals surface area (Å²) in [6, 6.07) is 0. The number of hydrogen-bond donors (Lipinski definition) is 0. The first-order chi connectivity index (χ1) is 0. The molecular formula is H10BKO3. The number of hydrogen-bond acceptors (Lipinski definition) is 0. The van der Waals surface area contributed by atoms with E-state index in [4.69, 9.17) is 0 Å². The molecule has 0 aliphatic rings. The topological polar surface area (TPSA) is 94.5 Å². The summed E-state index contributed by atoms with van der Waals surface area (Å²) in [5.74, 6) is 0. The van der Waals surface area contributed by atoms with Gasteiger partial charge in [-0.2, -0.15) is 0 Å². The van der Waals surface area contributed by atoms with Gasteiger partial charge in [0.05, 0.1) is 8.41 Å². The molecular weight excluding hydrogens is 97.9 g/mol. The van der Waals surface area contributed by atoms with Crippen molar-refractivity contribution in [3.05, 3.63) is 0 Å². The number of rotatable bonds is 0. The minimum absolute atomic E-state index is 0. The van der Waals surface area contributed by atoms with Crippen LogP contribution in [0.3, 0.4) is 0 Å². The fourth-order valence-electron chi connectivity index (χ4n) is 0. The third kappa shape index (κ3) is 28.6. The van der Waals surface area contributed by atoms with E-state index in [0.717, 1.165) is 0 Å². The molecule has 0 bridgehead atoms. The van der Waals surface area contributed by atoms with Gasteiger partial charge in [-0.1, -0.05) is 0 Å². The van der Waals surface area contributed by atoms with Gasteiger partial charge in [0.15, 0.2) is 0 Å². The molecule has 0 aromatic rings. The second-order valence-corrected chi connectivity index (χ2v) is 0. The van der Waals surface area contributed by atoms with E-state index in [-0.39, 0.29) is 76.2 Å². The van der Waals surface area contributed by atoms with Gasteiger partial charge in [-0.3, -0.25) is 0 Å². The van der Waals surface area contributed by atoms with E-state index in [2.05, 4.69) is 0 Å². The maximum atomic E-state index is 0. The molecule has 0 amide bonds. The van der Waals surface area contributed by atoms with Gasteiger partial charge in [-0.25, -0.2) is 0 Å². The van der Waals surface area contributed by atoms with E-state index in [0.29, 0.717) is 0 Å². The van der Waals surface area contributed by atoms with Crippen LogP contribution >= 0.6 is 0 Å². The molecule has 0 aliphatic carbocycles. The molecule has 0 aromatic heterocycles. The van der Waals surface area contributed by atoms with Gasteiger partial charge < -0.3 is 16.4 Å². The predicted molar refractivity (Wildman–Crippen MR) is 27.9 cm³/mol. The van der Waals surface area contributed by atoms with Crippen LogP contribution < -0.4 is 0 Å². The summed E-state index contributed by atoms with van der Waals surface area (Å²) in [4.78, 5) is 0. The normalized spacial score (nSPS) is 0. The van der Waals surface area contributed by atoms with E-state index in [1.807, 2.05) is 0 Å². The molecule has 0 aromatic carbocycles. The van der Waals surface area contributed by atoms with Gasteiger partial charge in [0.1, 0.15) is 0 Å². The van der Waals surface area contributed by atoms with Crippen LogP contribution in [0.25, 0.3) is 0 Å². The van der Waals surface area contributed by atoms with Gasteiger partial charge in [-0.05, 0) is 0 Å². The van der Waals surface area contributed by atoms with E-state index in [1.54, 1.807) is 0 Å². The third-order valence-corrected chi connectivity index (χ3v) is 0. The van der Waals surface area contributed by atoms with Crippen molar-refractivity contribution in [2.75, 3.05) is 0 Å². The van der Waals surface area contributed by atoms with Crippen LogP contribution in [0.15, 0.2) is 0 Å². The molecule has 0 saturated carbocycles. The Balaban J connectivity index is 0. The molecule has 0 aliphatic heterocycles. The van der Waals surface area contributed by atoms with E-state index in [9.17, 15) is 0 Å². The summed E-state index contributed by atoms with van der Waals surface area (Å²) in [6.07, 6.45) is 0. The van der Waals surface area contributed by atoms with Gasteiger partial charge >= 0.3 is 51.4 Å². The predicted octanol–water partition coefficient (Wildman–Crippen LogP) is -4.31. The van der Waals surface area contributed by atoms with E-state index < -0.39 is 0 Å². The second-order valence-electron chi connectivity index (χ2n) is 0. The maximum absolute atomic E-state index is 0. The molecule has 0 spiro atoms. The van der Waals surface area contributed by atoms with Gasteiger partial charge in [0.2, 0.25) is 0 Å². The van der Waals surface area contributed by atoms with Crippen LogP contribution in [0.4, 0.5) is 0 Å². The summed E-state index contributed by atoms with van der Waals surface area (Å²) in [5.41, 5.74) is 0. The van der Waals surface area contributed by atoms with Crippen LogP contribution in [-0.2, 0) is 0 Å². The van der Waals surface area contributed by atoms with Crippen LogP contribution in [0, 0.1) is 0 Å². The summed E-state index contributed by atoms with van der Waals surface area (Å²) in [7, 11) is 0. The SMILES string of the molecule is B.O.O.O.[KH]. The van der Waals surface area contributed by atoms with Gasteiger partial charge in [0.25, 0.3) is 0 Å². The average Bonchev–Trinajstić information content (AvgIpc) is 0. The van der Waals surface area contributed by atoms with Crippen LogP contribution in [0.1, 0.15) is 0 Å². The molecule has 0 saturated heterocycles. The zero-order chi connectivity index (χ0) is 0. The first kappa shape index (κ1) is 82.0. The molecule has 0 rings (SSSR count). The Labute approximate surface area is 75.1 Å². The van der Waals surface area contributed by atoms with Crippen molar-refractivity contribution < 1.29 is 16.4 Å². The van der Waals surface area contributed by atoms with Gasteiger partial charge in [0, 0.05) is 0 Å². The molecule has 32 valence electrons. The van der Waals surface area contributed by atoms with Crippen LogP contribution in [0.2, 0.25) is 0 Å². The van der Waals surface area contributed by atoms with Gasteiger partial charge in [-0.15, -0.1) is 0 Å². The first-order valence-corrected chi connectivity index (χ1v) is 0. The molecule has 3 nitrogen and oxygen atoms in total. The monoisotopic (exact) mass is 108 g/mol. The zero-order valence-corrected chi connectivity index (χ0v) is 1.50. The van der Waals surface area contributed by atoms with Crippen molar-refractivity contribution in [1.29, 1.82) is 0 Å². The second kappa shape index (κ2) is 46.8. The molecule has 0 fully saturated rings. The Kier molecular flexibility index (Phi) is 768. The summed E-state index contributed by atoms with van der Waals surface area (Å²) >= 11 is 0. The Morgan fingerprint density at radius 3 is 0.600 bits per heavy atom. The van der Waals surface area contributed by atoms with E-state index >= 15 is 0 Å². The average molecular weight is 108 g/mol. The molecule has 0 heterocycles. The van der Waals surface area contributed by atoms with Crippen molar-refractivity contribution in [2.24, 2.45) is 0 Å². The fraction of sp³-hybridized carbons (Fsp3) is 0.